The minimum absolute atomic E-state index is 0.0123. The second-order valence-corrected chi connectivity index (χ2v) is 6.80. The van der Waals surface area contributed by atoms with Gasteiger partial charge in [-0.25, -0.2) is 5.06 Å². The summed E-state index contributed by atoms with van der Waals surface area (Å²) in [5, 5.41) is 9.97. The predicted octanol–water partition coefficient (Wildman–Crippen LogP) is 1.47. The lowest BCUT2D eigenvalue weighted by Gasteiger charge is -2.37. The Morgan fingerprint density at radius 2 is 2.08 bits per heavy atom. The number of rotatable bonds is 2. The van der Waals surface area contributed by atoms with Gasteiger partial charge in [-0.05, 0) is 51.2 Å². The van der Waals surface area contributed by atoms with E-state index in [1.165, 1.54) is 5.06 Å². The van der Waals surface area contributed by atoms with E-state index >= 15 is 0 Å². The number of aryl methyl sites for hydroxylation is 1. The Morgan fingerprint density at radius 1 is 1.17 bits per heavy atom. The van der Waals surface area contributed by atoms with Crippen molar-refractivity contribution in [3.63, 3.8) is 0 Å². The second-order valence-electron chi connectivity index (χ2n) is 6.80. The van der Waals surface area contributed by atoms with Crippen molar-refractivity contribution < 1.29 is 14.4 Å². The lowest BCUT2D eigenvalue weighted by molar-refractivity contribution is -0.212. The Bertz CT molecular complexity index is 588. The molecule has 0 aromatic carbocycles. The van der Waals surface area contributed by atoms with Gasteiger partial charge in [0.25, 0.3) is 5.91 Å². The second kappa shape index (κ2) is 6.64. The van der Waals surface area contributed by atoms with Crippen molar-refractivity contribution in [2.24, 2.45) is 0 Å². The first-order valence-corrected chi connectivity index (χ1v) is 8.89. The smallest absolute Gasteiger partial charge is 0.275 e. The summed E-state index contributed by atoms with van der Waals surface area (Å²) < 4.78 is 6.14. The van der Waals surface area contributed by atoms with E-state index in [4.69, 9.17) is 9.57 Å². The average molecular weight is 332 g/mol. The van der Waals surface area contributed by atoms with Crippen molar-refractivity contribution in [3.8, 4) is 0 Å². The highest BCUT2D eigenvalue weighted by Crippen LogP contribution is 2.34. The number of amides is 1. The maximum Gasteiger partial charge on any atom is 0.275 e. The van der Waals surface area contributed by atoms with Gasteiger partial charge in [0.1, 0.15) is 6.10 Å². The van der Waals surface area contributed by atoms with Crippen LogP contribution >= 0.6 is 0 Å². The highest BCUT2D eigenvalue weighted by Gasteiger charge is 2.43. The lowest BCUT2D eigenvalue weighted by Crippen LogP contribution is -2.50. The molecule has 7 nitrogen and oxygen atoms in total. The highest BCUT2D eigenvalue weighted by atomic mass is 16.7. The summed E-state index contributed by atoms with van der Waals surface area (Å²) in [5.41, 5.74) is 0.918. The van der Waals surface area contributed by atoms with Crippen molar-refractivity contribution in [2.75, 3.05) is 24.6 Å². The van der Waals surface area contributed by atoms with Gasteiger partial charge in [0, 0.05) is 13.1 Å². The maximum absolute atomic E-state index is 12.6. The molecule has 4 heterocycles. The molecule has 1 aromatic rings. The number of carbonyl (C=O) groups is 1. The van der Waals surface area contributed by atoms with Crippen LogP contribution in [0, 0.1) is 6.92 Å². The highest BCUT2D eigenvalue weighted by molar-refractivity contribution is 5.80. The summed E-state index contributed by atoms with van der Waals surface area (Å²) >= 11 is 0. The summed E-state index contributed by atoms with van der Waals surface area (Å²) in [4.78, 5) is 20.3. The molecular weight excluding hydrogens is 308 g/mol. The molecule has 0 aliphatic carbocycles. The summed E-state index contributed by atoms with van der Waals surface area (Å²) in [5.74, 6) is 0.891. The Morgan fingerprint density at radius 3 is 2.83 bits per heavy atom. The molecule has 7 heteroatoms. The zero-order valence-corrected chi connectivity index (χ0v) is 14.1. The molecule has 0 radical (unpaired) electrons. The molecule has 3 aliphatic heterocycles. The third-order valence-electron chi connectivity index (χ3n) is 5.15. The van der Waals surface area contributed by atoms with E-state index in [1.807, 2.05) is 19.1 Å². The molecule has 3 fully saturated rings. The summed E-state index contributed by atoms with van der Waals surface area (Å²) in [6.07, 6.45) is 4.33. The van der Waals surface area contributed by atoms with E-state index in [2.05, 4.69) is 15.1 Å². The lowest BCUT2D eigenvalue weighted by atomic mass is 9.98. The number of ether oxygens (including phenoxy) is 1. The van der Waals surface area contributed by atoms with Crippen LogP contribution in [-0.2, 0) is 14.4 Å². The van der Waals surface area contributed by atoms with Gasteiger partial charge in [-0.3, -0.25) is 9.63 Å². The summed E-state index contributed by atoms with van der Waals surface area (Å²) in [6, 6.07) is 4.29. The maximum atomic E-state index is 12.6. The first kappa shape index (κ1) is 15.8. The fraction of sp³-hybridized carbons (Fsp3) is 0.706. The first-order chi connectivity index (χ1) is 11.7. The number of anilines is 1. The van der Waals surface area contributed by atoms with Crippen molar-refractivity contribution in [2.45, 2.75) is 57.3 Å². The third kappa shape index (κ3) is 2.98. The fourth-order valence-corrected chi connectivity index (χ4v) is 3.87. The largest absolute Gasteiger partial charge is 0.363 e. The average Bonchev–Trinajstić information content (AvgIpc) is 3.05. The molecule has 0 unspecified atom stereocenters. The number of hydrogen-bond acceptors (Lipinski definition) is 6. The monoisotopic (exact) mass is 332 g/mol. The van der Waals surface area contributed by atoms with Gasteiger partial charge in [-0.1, -0.05) is 0 Å². The first-order valence-electron chi connectivity index (χ1n) is 8.89. The van der Waals surface area contributed by atoms with Crippen molar-refractivity contribution in [3.05, 3.63) is 17.8 Å². The van der Waals surface area contributed by atoms with Crippen LogP contribution in [0.1, 0.15) is 37.8 Å². The summed E-state index contributed by atoms with van der Waals surface area (Å²) in [6.45, 7) is 4.14. The van der Waals surface area contributed by atoms with Gasteiger partial charge < -0.3 is 9.64 Å². The van der Waals surface area contributed by atoms with Crippen molar-refractivity contribution in [1.29, 1.82) is 0 Å². The Balaban J connectivity index is 1.40. The third-order valence-corrected chi connectivity index (χ3v) is 5.15. The van der Waals surface area contributed by atoms with Crippen LogP contribution in [0.2, 0.25) is 0 Å². The van der Waals surface area contributed by atoms with Crippen molar-refractivity contribution in [1.82, 2.24) is 15.3 Å². The van der Waals surface area contributed by atoms with Crippen molar-refractivity contribution >= 4 is 11.7 Å². The Hall–Kier alpha value is -1.73. The van der Waals surface area contributed by atoms with Crippen LogP contribution < -0.4 is 4.90 Å². The quantitative estimate of drug-likeness (QED) is 0.817. The van der Waals surface area contributed by atoms with Crippen LogP contribution in [0.3, 0.4) is 0 Å². The van der Waals surface area contributed by atoms with E-state index in [9.17, 15) is 4.79 Å². The zero-order valence-electron chi connectivity index (χ0n) is 14.1. The standard InChI is InChI=1S/C17H24N4O3/c1-12-4-7-16(19-18-12)20-10-8-14-13(20)5-6-15(24-14)17(22)21-9-2-3-11-23-21/h4,7,13-15H,2-3,5-6,8-11H2,1H3/t13-,14-,15+/m1/s1. The minimum atomic E-state index is -0.367. The molecule has 0 spiro atoms. The fourth-order valence-electron chi connectivity index (χ4n) is 3.87. The molecule has 0 N–H and O–H groups in total. The van der Waals surface area contributed by atoms with Gasteiger partial charge in [0.2, 0.25) is 0 Å². The van der Waals surface area contributed by atoms with Gasteiger partial charge in [0.05, 0.1) is 24.4 Å². The molecule has 0 bridgehead atoms. The molecule has 4 rings (SSSR count). The summed E-state index contributed by atoms with van der Waals surface area (Å²) in [7, 11) is 0. The normalized spacial score (nSPS) is 30.3. The van der Waals surface area contributed by atoms with E-state index in [-0.39, 0.29) is 24.2 Å². The molecule has 1 aromatic heterocycles. The minimum Gasteiger partial charge on any atom is -0.363 e. The molecule has 3 aliphatic rings. The van der Waals surface area contributed by atoms with Crippen LogP contribution in [0.5, 0.6) is 0 Å². The molecule has 3 atom stereocenters. The zero-order chi connectivity index (χ0) is 16.5. The number of hydrogen-bond donors (Lipinski definition) is 0. The SMILES string of the molecule is Cc1ccc(N2CC[C@H]3O[C@H](C(=O)N4CCCCO4)CC[C@H]32)nn1. The topological polar surface area (TPSA) is 67.8 Å². The molecule has 130 valence electrons. The molecule has 1 amide bonds. The van der Waals surface area contributed by atoms with Crippen LogP contribution in [0.4, 0.5) is 5.82 Å². The number of hydroxylamine groups is 2. The number of nitrogens with zero attached hydrogens (tertiary/aromatic N) is 4. The van der Waals surface area contributed by atoms with Crippen LogP contribution in [-0.4, -0.2) is 59.1 Å². The molecular formula is C17H24N4O3. The van der Waals surface area contributed by atoms with Gasteiger partial charge >= 0.3 is 0 Å². The van der Waals surface area contributed by atoms with Crippen LogP contribution in [0.25, 0.3) is 0 Å². The van der Waals surface area contributed by atoms with E-state index in [0.29, 0.717) is 13.2 Å². The van der Waals surface area contributed by atoms with Gasteiger partial charge in [0.15, 0.2) is 5.82 Å². The van der Waals surface area contributed by atoms with E-state index < -0.39 is 0 Å². The van der Waals surface area contributed by atoms with Gasteiger partial charge in [-0.15, -0.1) is 5.10 Å². The molecule has 24 heavy (non-hydrogen) atoms. The predicted molar refractivity (Wildman–Crippen MR) is 87.3 cm³/mol. The molecule has 0 saturated carbocycles. The Labute approximate surface area is 141 Å². The molecule has 3 saturated heterocycles. The number of fused-ring (bicyclic) bond motifs is 1. The number of carbonyl (C=O) groups excluding carboxylic acids is 1. The van der Waals surface area contributed by atoms with E-state index in [0.717, 1.165) is 50.2 Å². The van der Waals surface area contributed by atoms with Crippen LogP contribution in [0.15, 0.2) is 12.1 Å². The van der Waals surface area contributed by atoms with E-state index in [1.54, 1.807) is 0 Å². The number of aromatic nitrogens is 2. The Kier molecular flexibility index (Phi) is 4.37. The van der Waals surface area contributed by atoms with Gasteiger partial charge in [-0.2, -0.15) is 5.10 Å².